The molecule has 2 rings (SSSR count). The number of thioether (sulfide) groups is 2. The molecule has 0 saturated carbocycles. The highest BCUT2D eigenvalue weighted by Crippen LogP contribution is 2.50. The number of benzene rings is 2. The van der Waals surface area contributed by atoms with Crippen molar-refractivity contribution >= 4 is 23.5 Å². The SMILES string of the molecule is CCc1ccc(-c2cccc(SC(F)(F)F)c2SC(F)(F)F)c(CC)c1. The summed E-state index contributed by atoms with van der Waals surface area (Å²) in [4.78, 5) is -0.861. The molecule has 8 heteroatoms. The summed E-state index contributed by atoms with van der Waals surface area (Å²) in [5.74, 6) is 0. The van der Waals surface area contributed by atoms with Crippen LogP contribution in [0.2, 0.25) is 0 Å². The standard InChI is InChI=1S/C18H16F6S2/c1-3-11-8-9-13(12(4-2)10-11)14-6-5-7-15(25-17(19,20)21)16(14)26-18(22,23)24/h5-10H,3-4H2,1-2H3. The maximum absolute atomic E-state index is 13.0. The second-order valence-electron chi connectivity index (χ2n) is 5.43. The van der Waals surface area contributed by atoms with Crippen molar-refractivity contribution in [3.63, 3.8) is 0 Å². The number of halogens is 6. The van der Waals surface area contributed by atoms with E-state index in [0.29, 0.717) is 12.0 Å². The summed E-state index contributed by atoms with van der Waals surface area (Å²) in [7, 11) is 0. The van der Waals surface area contributed by atoms with Gasteiger partial charge in [0, 0.05) is 9.79 Å². The predicted molar refractivity (Wildman–Crippen MR) is 94.5 cm³/mol. The topological polar surface area (TPSA) is 0 Å². The first-order chi connectivity index (χ1) is 12.0. The van der Waals surface area contributed by atoms with Crippen LogP contribution in [0.15, 0.2) is 46.2 Å². The zero-order valence-corrected chi connectivity index (χ0v) is 15.6. The van der Waals surface area contributed by atoms with Gasteiger partial charge in [-0.15, -0.1) is 0 Å². The molecular formula is C18H16F6S2. The molecule has 0 nitrogen and oxygen atoms in total. The van der Waals surface area contributed by atoms with E-state index in [9.17, 15) is 26.3 Å². The fourth-order valence-corrected chi connectivity index (χ4v) is 4.11. The predicted octanol–water partition coefficient (Wildman–Crippen LogP) is 7.70. The van der Waals surface area contributed by atoms with Crippen LogP contribution in [0.5, 0.6) is 0 Å². The van der Waals surface area contributed by atoms with E-state index in [0.717, 1.165) is 23.6 Å². The van der Waals surface area contributed by atoms with Gasteiger partial charge in [0.2, 0.25) is 0 Å². The van der Waals surface area contributed by atoms with Crippen molar-refractivity contribution in [3.05, 3.63) is 47.5 Å². The Labute approximate surface area is 156 Å². The highest BCUT2D eigenvalue weighted by Gasteiger charge is 2.36. The van der Waals surface area contributed by atoms with Crippen molar-refractivity contribution < 1.29 is 26.3 Å². The summed E-state index contributed by atoms with van der Waals surface area (Å²) < 4.78 is 77.5. The van der Waals surface area contributed by atoms with E-state index in [-0.39, 0.29) is 5.56 Å². The first-order valence-corrected chi connectivity index (χ1v) is 9.44. The van der Waals surface area contributed by atoms with Crippen LogP contribution >= 0.6 is 23.5 Å². The van der Waals surface area contributed by atoms with Crippen molar-refractivity contribution in [2.45, 2.75) is 47.5 Å². The van der Waals surface area contributed by atoms with E-state index in [1.54, 1.807) is 12.1 Å². The van der Waals surface area contributed by atoms with Gasteiger partial charge in [0.25, 0.3) is 0 Å². The molecule has 0 heterocycles. The molecule has 142 valence electrons. The molecule has 0 radical (unpaired) electrons. The van der Waals surface area contributed by atoms with Gasteiger partial charge in [-0.3, -0.25) is 0 Å². The van der Waals surface area contributed by atoms with E-state index in [4.69, 9.17) is 0 Å². The van der Waals surface area contributed by atoms with Gasteiger partial charge in [0.05, 0.1) is 0 Å². The highest BCUT2D eigenvalue weighted by molar-refractivity contribution is 8.03. The average Bonchev–Trinajstić information content (AvgIpc) is 2.53. The molecular weight excluding hydrogens is 394 g/mol. The molecule has 0 saturated heterocycles. The third-order valence-corrected chi connectivity index (χ3v) is 5.47. The lowest BCUT2D eigenvalue weighted by atomic mass is 9.95. The van der Waals surface area contributed by atoms with E-state index in [1.807, 2.05) is 19.9 Å². The number of hydrogen-bond donors (Lipinski definition) is 0. The molecule has 2 aromatic carbocycles. The van der Waals surface area contributed by atoms with Crippen LogP contribution in [-0.4, -0.2) is 11.0 Å². The molecule has 0 unspecified atom stereocenters. The van der Waals surface area contributed by atoms with Crippen molar-refractivity contribution in [1.82, 2.24) is 0 Å². The van der Waals surface area contributed by atoms with E-state index >= 15 is 0 Å². The lowest BCUT2D eigenvalue weighted by molar-refractivity contribution is -0.0346. The minimum Gasteiger partial charge on any atom is -0.160 e. The first kappa shape index (κ1) is 21.0. The Bertz CT molecular complexity index is 765. The van der Waals surface area contributed by atoms with Gasteiger partial charge in [-0.05, 0) is 64.7 Å². The van der Waals surface area contributed by atoms with Crippen molar-refractivity contribution in [3.8, 4) is 11.1 Å². The van der Waals surface area contributed by atoms with Gasteiger partial charge >= 0.3 is 11.0 Å². The normalized spacial score (nSPS) is 12.5. The van der Waals surface area contributed by atoms with Gasteiger partial charge in [0.1, 0.15) is 0 Å². The molecule has 0 aliphatic heterocycles. The lowest BCUT2D eigenvalue weighted by Gasteiger charge is -2.18. The Morgan fingerprint density at radius 3 is 1.96 bits per heavy atom. The zero-order chi connectivity index (χ0) is 19.5. The van der Waals surface area contributed by atoms with Crippen molar-refractivity contribution in [1.29, 1.82) is 0 Å². The summed E-state index contributed by atoms with van der Waals surface area (Å²) in [6.45, 7) is 3.82. The van der Waals surface area contributed by atoms with E-state index in [1.165, 1.54) is 12.1 Å². The second-order valence-corrected chi connectivity index (χ2v) is 7.61. The largest absolute Gasteiger partial charge is 0.446 e. The van der Waals surface area contributed by atoms with Crippen LogP contribution in [0.25, 0.3) is 11.1 Å². The Kier molecular flexibility index (Phi) is 6.60. The minimum atomic E-state index is -4.69. The smallest absolute Gasteiger partial charge is 0.160 e. The fourth-order valence-electron chi connectivity index (χ4n) is 2.58. The second kappa shape index (κ2) is 8.17. The van der Waals surface area contributed by atoms with Gasteiger partial charge in [0.15, 0.2) is 0 Å². The summed E-state index contributed by atoms with van der Waals surface area (Å²) in [6.07, 6.45) is 1.33. The quantitative estimate of drug-likeness (QED) is 0.366. The zero-order valence-electron chi connectivity index (χ0n) is 14.0. The number of rotatable bonds is 5. The Morgan fingerprint density at radius 1 is 0.769 bits per heavy atom. The number of aryl methyl sites for hydroxylation is 2. The van der Waals surface area contributed by atoms with Crippen LogP contribution in [0.3, 0.4) is 0 Å². The van der Waals surface area contributed by atoms with Gasteiger partial charge in [-0.25, -0.2) is 0 Å². The number of alkyl halides is 6. The molecule has 0 fully saturated rings. The molecule has 0 spiro atoms. The van der Waals surface area contributed by atoms with Crippen molar-refractivity contribution in [2.75, 3.05) is 0 Å². The third kappa shape index (κ3) is 5.61. The maximum Gasteiger partial charge on any atom is 0.446 e. The molecule has 0 bridgehead atoms. The van der Waals surface area contributed by atoms with Gasteiger partial charge < -0.3 is 0 Å². The van der Waals surface area contributed by atoms with E-state index < -0.39 is 44.3 Å². The molecule has 0 amide bonds. The van der Waals surface area contributed by atoms with Crippen LogP contribution in [0.4, 0.5) is 26.3 Å². The van der Waals surface area contributed by atoms with Crippen LogP contribution in [-0.2, 0) is 12.8 Å². The first-order valence-electron chi connectivity index (χ1n) is 7.80. The molecule has 0 aliphatic carbocycles. The van der Waals surface area contributed by atoms with Crippen molar-refractivity contribution in [2.24, 2.45) is 0 Å². The van der Waals surface area contributed by atoms with Gasteiger partial charge in [-0.1, -0.05) is 44.2 Å². The highest BCUT2D eigenvalue weighted by atomic mass is 32.2. The maximum atomic E-state index is 13.0. The summed E-state index contributed by atoms with van der Waals surface area (Å²) in [6, 6.07) is 9.24. The molecule has 2 aromatic rings. The van der Waals surface area contributed by atoms with Crippen LogP contribution < -0.4 is 0 Å². The minimum absolute atomic E-state index is 0.168. The molecule has 0 aromatic heterocycles. The van der Waals surface area contributed by atoms with Crippen LogP contribution in [0.1, 0.15) is 25.0 Å². The van der Waals surface area contributed by atoms with Crippen LogP contribution in [0, 0.1) is 0 Å². The molecule has 0 N–H and O–H groups in total. The molecule has 26 heavy (non-hydrogen) atoms. The monoisotopic (exact) mass is 410 g/mol. The fraction of sp³-hybridized carbons (Fsp3) is 0.333. The Balaban J connectivity index is 2.66. The Hall–Kier alpha value is -1.28. The lowest BCUT2D eigenvalue weighted by Crippen LogP contribution is -2.05. The molecule has 0 aliphatic rings. The molecule has 0 atom stereocenters. The Morgan fingerprint density at radius 2 is 1.42 bits per heavy atom. The summed E-state index contributed by atoms with van der Waals surface area (Å²) >= 11 is -1.03. The summed E-state index contributed by atoms with van der Waals surface area (Å²) in [5, 5.41) is 0. The summed E-state index contributed by atoms with van der Waals surface area (Å²) in [5.41, 5.74) is -6.83. The average molecular weight is 410 g/mol. The van der Waals surface area contributed by atoms with Gasteiger partial charge in [-0.2, -0.15) is 26.3 Å². The third-order valence-electron chi connectivity index (χ3n) is 3.67. The van der Waals surface area contributed by atoms with E-state index in [2.05, 4.69) is 0 Å². The number of hydrogen-bond acceptors (Lipinski definition) is 2.